The quantitative estimate of drug-likeness (QED) is 0.325. The molecule has 0 bridgehead atoms. The van der Waals surface area contributed by atoms with E-state index in [1.807, 2.05) is 13.1 Å². The molecule has 0 spiro atoms. The SMILES string of the molecule is Cc1ccc(Cc2cc(-c3ccc(I)cc3)nc(-c3cccs3)c2)cn1. The third-order valence-electron chi connectivity index (χ3n) is 4.18. The Morgan fingerprint density at radius 3 is 2.42 bits per heavy atom. The van der Waals surface area contributed by atoms with Gasteiger partial charge in [-0.25, -0.2) is 4.98 Å². The van der Waals surface area contributed by atoms with Gasteiger partial charge in [0.15, 0.2) is 0 Å². The lowest BCUT2D eigenvalue weighted by molar-refractivity contribution is 1.10. The van der Waals surface area contributed by atoms with Gasteiger partial charge in [-0.3, -0.25) is 4.98 Å². The highest BCUT2D eigenvalue weighted by Crippen LogP contribution is 2.29. The minimum absolute atomic E-state index is 0.853. The molecule has 0 amide bonds. The number of rotatable bonds is 4. The fraction of sp³-hybridized carbons (Fsp3) is 0.0909. The van der Waals surface area contributed by atoms with E-state index in [1.54, 1.807) is 11.3 Å². The molecule has 0 unspecified atom stereocenters. The number of thiophene rings is 1. The number of nitrogens with zero attached hydrogens (tertiary/aromatic N) is 2. The van der Waals surface area contributed by atoms with Crippen molar-refractivity contribution in [1.82, 2.24) is 9.97 Å². The number of aromatic nitrogens is 2. The summed E-state index contributed by atoms with van der Waals surface area (Å²) in [6.07, 6.45) is 2.82. The average Bonchev–Trinajstić information content (AvgIpc) is 3.19. The van der Waals surface area contributed by atoms with Crippen LogP contribution in [0.4, 0.5) is 0 Å². The first-order valence-electron chi connectivity index (χ1n) is 8.40. The molecular formula is C22H17IN2S. The molecule has 26 heavy (non-hydrogen) atoms. The van der Waals surface area contributed by atoms with Crippen LogP contribution in [-0.4, -0.2) is 9.97 Å². The Morgan fingerprint density at radius 1 is 0.923 bits per heavy atom. The van der Waals surface area contributed by atoms with Crippen molar-refractivity contribution in [2.24, 2.45) is 0 Å². The number of halogens is 1. The van der Waals surface area contributed by atoms with Crippen molar-refractivity contribution < 1.29 is 0 Å². The molecule has 4 rings (SSSR count). The summed E-state index contributed by atoms with van der Waals surface area (Å²) in [4.78, 5) is 10.5. The molecule has 0 aliphatic carbocycles. The van der Waals surface area contributed by atoms with Gasteiger partial charge in [-0.2, -0.15) is 0 Å². The van der Waals surface area contributed by atoms with Crippen molar-refractivity contribution in [1.29, 1.82) is 0 Å². The van der Waals surface area contributed by atoms with Crippen LogP contribution in [0.2, 0.25) is 0 Å². The van der Waals surface area contributed by atoms with Gasteiger partial charge in [0.2, 0.25) is 0 Å². The van der Waals surface area contributed by atoms with Crippen molar-refractivity contribution in [3.05, 3.63) is 92.6 Å². The van der Waals surface area contributed by atoms with Gasteiger partial charge in [0.1, 0.15) is 0 Å². The first-order valence-corrected chi connectivity index (χ1v) is 10.4. The summed E-state index contributed by atoms with van der Waals surface area (Å²) in [5.74, 6) is 0. The Kier molecular flexibility index (Phi) is 5.13. The van der Waals surface area contributed by atoms with Gasteiger partial charge in [0.25, 0.3) is 0 Å². The second kappa shape index (κ2) is 7.68. The maximum atomic E-state index is 4.92. The lowest BCUT2D eigenvalue weighted by atomic mass is 10.0. The van der Waals surface area contributed by atoms with E-state index < -0.39 is 0 Å². The second-order valence-electron chi connectivity index (χ2n) is 6.21. The molecule has 1 aromatic carbocycles. The Hall–Kier alpha value is -2.05. The summed E-state index contributed by atoms with van der Waals surface area (Å²) in [6, 6.07) is 21.3. The lowest BCUT2D eigenvalue weighted by Crippen LogP contribution is -1.95. The molecule has 0 aliphatic heterocycles. The van der Waals surface area contributed by atoms with E-state index >= 15 is 0 Å². The molecule has 4 aromatic rings. The Balaban J connectivity index is 1.77. The van der Waals surface area contributed by atoms with Crippen LogP contribution in [0.15, 0.2) is 72.2 Å². The standard InChI is InChI=1S/C22H17IN2S/c1-15-4-5-16(14-24-15)11-17-12-20(18-6-8-19(23)9-7-18)25-21(13-17)22-3-2-10-26-22/h2-10,12-14H,11H2,1H3. The van der Waals surface area contributed by atoms with Gasteiger partial charge in [-0.05, 0) is 88.8 Å². The van der Waals surface area contributed by atoms with Crippen molar-refractivity contribution in [2.75, 3.05) is 0 Å². The maximum absolute atomic E-state index is 4.92. The normalized spacial score (nSPS) is 10.8. The molecule has 2 nitrogen and oxygen atoms in total. The fourth-order valence-electron chi connectivity index (χ4n) is 2.85. The van der Waals surface area contributed by atoms with Crippen LogP contribution in [-0.2, 0) is 6.42 Å². The van der Waals surface area contributed by atoms with E-state index in [2.05, 4.69) is 93.6 Å². The zero-order chi connectivity index (χ0) is 17.9. The highest BCUT2D eigenvalue weighted by Gasteiger charge is 2.09. The van der Waals surface area contributed by atoms with E-state index in [0.717, 1.165) is 29.1 Å². The highest BCUT2D eigenvalue weighted by atomic mass is 127. The summed E-state index contributed by atoms with van der Waals surface area (Å²) in [7, 11) is 0. The van der Waals surface area contributed by atoms with Crippen LogP contribution in [0.25, 0.3) is 21.8 Å². The maximum Gasteiger partial charge on any atom is 0.0812 e. The van der Waals surface area contributed by atoms with Crippen LogP contribution < -0.4 is 0 Å². The molecule has 0 saturated carbocycles. The molecule has 0 saturated heterocycles. The number of benzene rings is 1. The third-order valence-corrected chi connectivity index (χ3v) is 5.79. The predicted octanol–water partition coefficient (Wildman–Crippen LogP) is 6.38. The van der Waals surface area contributed by atoms with Gasteiger partial charge in [-0.15, -0.1) is 11.3 Å². The van der Waals surface area contributed by atoms with Gasteiger partial charge < -0.3 is 0 Å². The summed E-state index contributed by atoms with van der Waals surface area (Å²) in [6.45, 7) is 2.01. The first kappa shape index (κ1) is 17.4. The minimum atomic E-state index is 0.853. The highest BCUT2D eigenvalue weighted by molar-refractivity contribution is 14.1. The van der Waals surface area contributed by atoms with E-state index in [-0.39, 0.29) is 0 Å². The van der Waals surface area contributed by atoms with Crippen LogP contribution in [0.1, 0.15) is 16.8 Å². The van der Waals surface area contributed by atoms with Crippen molar-refractivity contribution in [3.63, 3.8) is 0 Å². The number of hydrogen-bond donors (Lipinski definition) is 0. The topological polar surface area (TPSA) is 25.8 Å². The van der Waals surface area contributed by atoms with Crippen LogP contribution in [0, 0.1) is 10.5 Å². The van der Waals surface area contributed by atoms with Gasteiger partial charge in [-0.1, -0.05) is 24.3 Å². The zero-order valence-electron chi connectivity index (χ0n) is 14.3. The molecule has 0 radical (unpaired) electrons. The van der Waals surface area contributed by atoms with Crippen molar-refractivity contribution in [3.8, 4) is 21.8 Å². The van der Waals surface area contributed by atoms with Crippen LogP contribution >= 0.6 is 33.9 Å². The van der Waals surface area contributed by atoms with Crippen LogP contribution in [0.3, 0.4) is 0 Å². The van der Waals surface area contributed by atoms with Crippen molar-refractivity contribution in [2.45, 2.75) is 13.3 Å². The van der Waals surface area contributed by atoms with Crippen LogP contribution in [0.5, 0.6) is 0 Å². The average molecular weight is 468 g/mol. The molecule has 3 heterocycles. The van der Waals surface area contributed by atoms with E-state index in [0.29, 0.717) is 0 Å². The van der Waals surface area contributed by atoms with E-state index in [1.165, 1.54) is 19.6 Å². The molecule has 4 heteroatoms. The first-order chi connectivity index (χ1) is 12.7. The van der Waals surface area contributed by atoms with Gasteiger partial charge >= 0.3 is 0 Å². The molecule has 0 fully saturated rings. The second-order valence-corrected chi connectivity index (χ2v) is 8.41. The number of pyridine rings is 2. The Bertz CT molecular complexity index is 1010. The summed E-state index contributed by atoms with van der Waals surface area (Å²) >= 11 is 4.05. The molecule has 128 valence electrons. The minimum Gasteiger partial charge on any atom is -0.261 e. The van der Waals surface area contributed by atoms with Gasteiger partial charge in [0.05, 0.1) is 16.3 Å². The third kappa shape index (κ3) is 4.02. The predicted molar refractivity (Wildman–Crippen MR) is 117 cm³/mol. The number of hydrogen-bond acceptors (Lipinski definition) is 3. The monoisotopic (exact) mass is 468 g/mol. The Labute approximate surface area is 171 Å². The van der Waals surface area contributed by atoms with Gasteiger partial charge in [0, 0.05) is 21.0 Å². The number of aryl methyl sites for hydroxylation is 1. The fourth-order valence-corrected chi connectivity index (χ4v) is 3.89. The molecule has 3 aromatic heterocycles. The Morgan fingerprint density at radius 2 is 1.73 bits per heavy atom. The smallest absolute Gasteiger partial charge is 0.0812 e. The summed E-state index contributed by atoms with van der Waals surface area (Å²) in [5.41, 5.74) is 6.71. The lowest BCUT2D eigenvalue weighted by Gasteiger charge is -2.09. The largest absolute Gasteiger partial charge is 0.261 e. The van der Waals surface area contributed by atoms with E-state index in [9.17, 15) is 0 Å². The van der Waals surface area contributed by atoms with E-state index in [4.69, 9.17) is 4.98 Å². The van der Waals surface area contributed by atoms with Crippen molar-refractivity contribution >= 4 is 33.9 Å². The summed E-state index contributed by atoms with van der Waals surface area (Å²) < 4.78 is 1.23. The zero-order valence-corrected chi connectivity index (χ0v) is 17.3. The molecule has 0 atom stereocenters. The molecular weight excluding hydrogens is 451 g/mol. The molecule has 0 aliphatic rings. The summed E-state index contributed by atoms with van der Waals surface area (Å²) in [5, 5.41) is 2.10. The molecule has 0 N–H and O–H groups in total.